The number of carbonyl (C=O) groups is 1. The van der Waals surface area contributed by atoms with Crippen LogP contribution in [0.25, 0.3) is 0 Å². The van der Waals surface area contributed by atoms with Crippen molar-refractivity contribution in [3.63, 3.8) is 0 Å². The summed E-state index contributed by atoms with van der Waals surface area (Å²) in [5.74, 6) is -0.0490. The van der Waals surface area contributed by atoms with E-state index in [9.17, 15) is 4.79 Å². The Balaban J connectivity index is 2.53. The summed E-state index contributed by atoms with van der Waals surface area (Å²) in [6.07, 6.45) is 0. The van der Waals surface area contributed by atoms with Gasteiger partial charge >= 0.3 is 0 Å². The van der Waals surface area contributed by atoms with Crippen LogP contribution in [0.2, 0.25) is 5.02 Å². The number of rotatable bonds is 5. The third-order valence-corrected chi connectivity index (χ3v) is 2.51. The zero-order valence-electron chi connectivity index (χ0n) is 9.64. The van der Waals surface area contributed by atoms with E-state index >= 15 is 0 Å². The van der Waals surface area contributed by atoms with Crippen molar-refractivity contribution in [3.05, 3.63) is 34.3 Å². The topological polar surface area (TPSA) is 41.1 Å². The van der Waals surface area contributed by atoms with Gasteiger partial charge in [-0.25, -0.2) is 0 Å². The first-order valence-electron chi connectivity index (χ1n) is 5.40. The molecule has 1 aromatic carbocycles. The maximum atomic E-state index is 11.8. The van der Waals surface area contributed by atoms with E-state index in [0.29, 0.717) is 17.1 Å². The lowest BCUT2D eigenvalue weighted by atomic mass is 10.1. The van der Waals surface area contributed by atoms with Gasteiger partial charge in [0, 0.05) is 23.7 Å². The third-order valence-electron chi connectivity index (χ3n) is 2.27. The number of amides is 1. The molecule has 0 aromatic heterocycles. The summed E-state index contributed by atoms with van der Waals surface area (Å²) in [6, 6.07) is 5.27. The van der Waals surface area contributed by atoms with Crippen molar-refractivity contribution in [3.8, 4) is 0 Å². The molecule has 0 aliphatic carbocycles. The molecule has 0 spiro atoms. The van der Waals surface area contributed by atoms with Crippen molar-refractivity contribution in [2.75, 3.05) is 19.6 Å². The molecule has 0 heterocycles. The average Bonchev–Trinajstić information content (AvgIpc) is 2.24. The number of likely N-dealkylation sites (N-methyl/N-ethyl adjacent to an activating group) is 1. The number of aryl methyl sites for hydroxylation is 1. The molecule has 88 valence electrons. The van der Waals surface area contributed by atoms with Crippen molar-refractivity contribution in [2.24, 2.45) is 0 Å². The van der Waals surface area contributed by atoms with Crippen molar-refractivity contribution >= 4 is 17.5 Å². The fourth-order valence-corrected chi connectivity index (χ4v) is 1.64. The maximum absolute atomic E-state index is 11.8. The molecule has 0 aliphatic heterocycles. The first-order valence-corrected chi connectivity index (χ1v) is 5.78. The second kappa shape index (κ2) is 6.51. The van der Waals surface area contributed by atoms with Gasteiger partial charge in [-0.3, -0.25) is 4.79 Å². The molecule has 0 fully saturated rings. The Kier molecular flexibility index (Phi) is 5.29. The fourth-order valence-electron chi connectivity index (χ4n) is 1.42. The van der Waals surface area contributed by atoms with E-state index in [1.807, 2.05) is 13.8 Å². The molecule has 0 saturated carbocycles. The summed E-state index contributed by atoms with van der Waals surface area (Å²) in [5, 5.41) is 6.65. The molecule has 0 aliphatic rings. The van der Waals surface area contributed by atoms with Crippen LogP contribution in [0.4, 0.5) is 0 Å². The van der Waals surface area contributed by atoms with Gasteiger partial charge in [-0.15, -0.1) is 0 Å². The van der Waals surface area contributed by atoms with Crippen LogP contribution in [-0.4, -0.2) is 25.5 Å². The van der Waals surface area contributed by atoms with Crippen LogP contribution in [0.1, 0.15) is 22.8 Å². The maximum Gasteiger partial charge on any atom is 0.251 e. The minimum atomic E-state index is -0.0490. The van der Waals surface area contributed by atoms with Crippen LogP contribution in [-0.2, 0) is 0 Å². The number of carbonyl (C=O) groups excluding carboxylic acids is 1. The highest BCUT2D eigenvalue weighted by Crippen LogP contribution is 2.14. The quantitative estimate of drug-likeness (QED) is 0.773. The Bertz CT molecular complexity index is 366. The highest BCUT2D eigenvalue weighted by molar-refractivity contribution is 6.30. The Labute approximate surface area is 101 Å². The van der Waals surface area contributed by atoms with E-state index in [-0.39, 0.29) is 5.91 Å². The van der Waals surface area contributed by atoms with Crippen LogP contribution >= 0.6 is 11.6 Å². The summed E-state index contributed by atoms with van der Waals surface area (Å²) >= 11 is 5.83. The van der Waals surface area contributed by atoms with Gasteiger partial charge in [0.2, 0.25) is 0 Å². The van der Waals surface area contributed by atoms with Crippen molar-refractivity contribution in [1.29, 1.82) is 0 Å². The van der Waals surface area contributed by atoms with Gasteiger partial charge in [0.25, 0.3) is 5.91 Å². The lowest BCUT2D eigenvalue weighted by Gasteiger charge is -2.08. The molecule has 16 heavy (non-hydrogen) atoms. The predicted octanol–water partition coefficient (Wildman–Crippen LogP) is 1.99. The predicted molar refractivity (Wildman–Crippen MR) is 67.1 cm³/mol. The monoisotopic (exact) mass is 240 g/mol. The summed E-state index contributed by atoms with van der Waals surface area (Å²) in [6.45, 7) is 6.25. The normalized spacial score (nSPS) is 10.2. The Hall–Kier alpha value is -1.06. The molecule has 1 aromatic rings. The number of hydrogen-bond acceptors (Lipinski definition) is 2. The number of nitrogens with one attached hydrogen (secondary N) is 2. The summed E-state index contributed by atoms with van der Waals surface area (Å²) < 4.78 is 0. The van der Waals surface area contributed by atoms with Crippen molar-refractivity contribution < 1.29 is 4.79 Å². The molecule has 0 atom stereocenters. The molecule has 4 heteroatoms. The minimum Gasteiger partial charge on any atom is -0.351 e. The number of benzene rings is 1. The second-order valence-electron chi connectivity index (χ2n) is 3.57. The summed E-state index contributed by atoms with van der Waals surface area (Å²) in [4.78, 5) is 11.8. The van der Waals surface area contributed by atoms with Crippen molar-refractivity contribution in [1.82, 2.24) is 10.6 Å². The fraction of sp³-hybridized carbons (Fsp3) is 0.417. The smallest absolute Gasteiger partial charge is 0.251 e. The molecule has 0 saturated heterocycles. The van der Waals surface area contributed by atoms with E-state index in [2.05, 4.69) is 10.6 Å². The second-order valence-corrected chi connectivity index (χ2v) is 4.01. The molecule has 0 unspecified atom stereocenters. The van der Waals surface area contributed by atoms with Gasteiger partial charge in [0.05, 0.1) is 0 Å². The van der Waals surface area contributed by atoms with Gasteiger partial charge in [-0.2, -0.15) is 0 Å². The largest absolute Gasteiger partial charge is 0.351 e. The van der Waals surface area contributed by atoms with Gasteiger partial charge in [0.1, 0.15) is 0 Å². The van der Waals surface area contributed by atoms with Crippen LogP contribution < -0.4 is 10.6 Å². The van der Waals surface area contributed by atoms with E-state index in [4.69, 9.17) is 11.6 Å². The van der Waals surface area contributed by atoms with Crippen molar-refractivity contribution in [2.45, 2.75) is 13.8 Å². The lowest BCUT2D eigenvalue weighted by Crippen LogP contribution is -2.32. The first kappa shape index (κ1) is 13.0. The molecule has 1 rings (SSSR count). The van der Waals surface area contributed by atoms with Crippen LogP contribution in [0.5, 0.6) is 0 Å². The Morgan fingerprint density at radius 1 is 1.38 bits per heavy atom. The van der Waals surface area contributed by atoms with Gasteiger partial charge < -0.3 is 10.6 Å². The summed E-state index contributed by atoms with van der Waals surface area (Å²) in [7, 11) is 0. The Morgan fingerprint density at radius 3 is 2.75 bits per heavy atom. The molecule has 0 radical (unpaired) electrons. The van der Waals surface area contributed by atoms with E-state index in [1.165, 1.54) is 0 Å². The zero-order chi connectivity index (χ0) is 12.0. The number of hydrogen-bond donors (Lipinski definition) is 2. The van der Waals surface area contributed by atoms with Gasteiger partial charge in [0.15, 0.2) is 0 Å². The SMILES string of the molecule is CCNCCNC(=O)c1ccc(Cl)cc1C. The van der Waals surface area contributed by atoms with Crippen LogP contribution in [0.3, 0.4) is 0 Å². The molecular weight excluding hydrogens is 224 g/mol. The highest BCUT2D eigenvalue weighted by atomic mass is 35.5. The summed E-state index contributed by atoms with van der Waals surface area (Å²) in [5.41, 5.74) is 1.58. The van der Waals surface area contributed by atoms with Gasteiger partial charge in [-0.1, -0.05) is 18.5 Å². The first-order chi connectivity index (χ1) is 7.65. The molecule has 1 amide bonds. The highest BCUT2D eigenvalue weighted by Gasteiger charge is 2.07. The van der Waals surface area contributed by atoms with Crippen LogP contribution in [0, 0.1) is 6.92 Å². The Morgan fingerprint density at radius 2 is 2.12 bits per heavy atom. The number of halogens is 1. The van der Waals surface area contributed by atoms with E-state index < -0.39 is 0 Å². The molecule has 3 nitrogen and oxygen atoms in total. The lowest BCUT2D eigenvalue weighted by molar-refractivity contribution is 0.0953. The molecule has 2 N–H and O–H groups in total. The minimum absolute atomic E-state index is 0.0490. The van der Waals surface area contributed by atoms with Crippen LogP contribution in [0.15, 0.2) is 18.2 Å². The standard InChI is InChI=1S/C12H17ClN2O/c1-3-14-6-7-15-12(16)11-5-4-10(13)8-9(11)2/h4-5,8,14H,3,6-7H2,1-2H3,(H,15,16). The third kappa shape index (κ3) is 3.83. The average molecular weight is 241 g/mol. The van der Waals surface area contributed by atoms with E-state index in [0.717, 1.165) is 18.7 Å². The van der Waals surface area contributed by atoms with E-state index in [1.54, 1.807) is 18.2 Å². The molecule has 0 bridgehead atoms. The zero-order valence-corrected chi connectivity index (χ0v) is 10.4. The molecular formula is C12H17ClN2O. The van der Waals surface area contributed by atoms with Gasteiger partial charge in [-0.05, 0) is 37.2 Å².